The summed E-state index contributed by atoms with van der Waals surface area (Å²) in [7, 11) is 0. The van der Waals surface area contributed by atoms with Gasteiger partial charge in [0.25, 0.3) is 5.91 Å². The van der Waals surface area contributed by atoms with Crippen LogP contribution in [0.25, 0.3) is 0 Å². The second kappa shape index (κ2) is 10.6. The fourth-order valence-corrected chi connectivity index (χ4v) is 3.07. The number of esters is 1. The van der Waals surface area contributed by atoms with Crippen molar-refractivity contribution in [2.75, 3.05) is 49.7 Å². The molecule has 0 saturated carbocycles. The van der Waals surface area contributed by atoms with E-state index in [1.165, 1.54) is 6.07 Å². The Bertz CT molecular complexity index is 947. The van der Waals surface area contributed by atoms with E-state index in [0.717, 1.165) is 12.1 Å². The van der Waals surface area contributed by atoms with Crippen molar-refractivity contribution in [2.45, 2.75) is 6.18 Å². The SMILES string of the molecule is O=C(COC(=O)COc1ccc(Cl)cc1)Nc1cc(C(F)(F)F)ccc1N1CCOCC1. The number of halogens is 4. The van der Waals surface area contributed by atoms with Crippen molar-refractivity contribution in [2.24, 2.45) is 0 Å². The molecule has 1 N–H and O–H groups in total. The van der Waals surface area contributed by atoms with E-state index in [2.05, 4.69) is 5.32 Å². The molecule has 32 heavy (non-hydrogen) atoms. The van der Waals surface area contributed by atoms with E-state index in [4.69, 9.17) is 25.8 Å². The highest BCUT2D eigenvalue weighted by Gasteiger charge is 2.32. The van der Waals surface area contributed by atoms with E-state index < -0.39 is 36.8 Å². The van der Waals surface area contributed by atoms with Gasteiger partial charge in [0.05, 0.1) is 30.2 Å². The van der Waals surface area contributed by atoms with Crippen LogP contribution in [0.15, 0.2) is 42.5 Å². The van der Waals surface area contributed by atoms with Crippen LogP contribution in [0.3, 0.4) is 0 Å². The van der Waals surface area contributed by atoms with Crippen LogP contribution in [0.5, 0.6) is 5.75 Å². The van der Waals surface area contributed by atoms with E-state index in [-0.39, 0.29) is 5.69 Å². The fraction of sp³-hybridized carbons (Fsp3) is 0.333. The van der Waals surface area contributed by atoms with Crippen molar-refractivity contribution in [3.8, 4) is 5.75 Å². The van der Waals surface area contributed by atoms with Crippen molar-refractivity contribution in [1.82, 2.24) is 0 Å². The molecule has 0 radical (unpaired) electrons. The smallest absolute Gasteiger partial charge is 0.416 e. The Morgan fingerprint density at radius 3 is 2.41 bits per heavy atom. The van der Waals surface area contributed by atoms with Crippen LogP contribution in [-0.4, -0.2) is 51.4 Å². The molecule has 2 aromatic rings. The van der Waals surface area contributed by atoms with Crippen LogP contribution in [0.2, 0.25) is 5.02 Å². The molecule has 1 amide bonds. The molecule has 11 heteroatoms. The Morgan fingerprint density at radius 1 is 1.06 bits per heavy atom. The molecule has 172 valence electrons. The maximum atomic E-state index is 13.1. The molecule has 0 bridgehead atoms. The number of hydrogen-bond acceptors (Lipinski definition) is 6. The largest absolute Gasteiger partial charge is 0.482 e. The van der Waals surface area contributed by atoms with Crippen LogP contribution in [-0.2, 0) is 25.2 Å². The summed E-state index contributed by atoms with van der Waals surface area (Å²) < 4.78 is 54.8. The molecule has 0 spiro atoms. The van der Waals surface area contributed by atoms with Gasteiger partial charge >= 0.3 is 12.1 Å². The zero-order chi connectivity index (χ0) is 23.1. The lowest BCUT2D eigenvalue weighted by molar-refractivity contribution is -0.149. The quantitative estimate of drug-likeness (QED) is 0.618. The number of amides is 1. The number of benzene rings is 2. The third-order valence-corrected chi connectivity index (χ3v) is 4.74. The minimum Gasteiger partial charge on any atom is -0.482 e. The van der Waals surface area contributed by atoms with E-state index in [0.29, 0.717) is 42.8 Å². The molecule has 2 aromatic carbocycles. The van der Waals surface area contributed by atoms with Crippen LogP contribution in [0.1, 0.15) is 5.56 Å². The van der Waals surface area contributed by atoms with E-state index in [9.17, 15) is 22.8 Å². The number of anilines is 2. The van der Waals surface area contributed by atoms with Crippen molar-refractivity contribution in [3.05, 3.63) is 53.1 Å². The number of hydrogen-bond donors (Lipinski definition) is 1. The lowest BCUT2D eigenvalue weighted by atomic mass is 10.1. The molecule has 0 unspecified atom stereocenters. The Balaban J connectivity index is 1.59. The van der Waals surface area contributed by atoms with Crippen LogP contribution in [0, 0.1) is 0 Å². The summed E-state index contributed by atoms with van der Waals surface area (Å²) in [4.78, 5) is 25.9. The second-order valence-corrected chi connectivity index (χ2v) is 7.22. The molecular formula is C21H20ClF3N2O5. The van der Waals surface area contributed by atoms with E-state index in [1.54, 1.807) is 24.3 Å². The highest BCUT2D eigenvalue weighted by Crippen LogP contribution is 2.35. The molecule has 1 aliphatic rings. The minimum absolute atomic E-state index is 0.0276. The number of nitrogens with one attached hydrogen (secondary N) is 1. The zero-order valence-corrected chi connectivity index (χ0v) is 17.5. The molecule has 0 aromatic heterocycles. The molecule has 1 aliphatic heterocycles. The Hall–Kier alpha value is -2.98. The molecule has 1 fully saturated rings. The molecule has 1 heterocycles. The first kappa shape index (κ1) is 23.7. The summed E-state index contributed by atoms with van der Waals surface area (Å²) in [5, 5.41) is 2.90. The molecule has 1 saturated heterocycles. The van der Waals surface area contributed by atoms with Gasteiger partial charge in [-0.2, -0.15) is 13.2 Å². The average Bonchev–Trinajstić information content (AvgIpc) is 2.77. The summed E-state index contributed by atoms with van der Waals surface area (Å²) >= 11 is 5.76. The minimum atomic E-state index is -4.57. The number of carbonyl (C=O) groups is 2. The standard InChI is InChI=1S/C21H20ClF3N2O5/c22-15-2-4-16(5-3-15)31-13-20(29)32-12-19(28)26-17-11-14(21(23,24)25)1-6-18(17)27-7-9-30-10-8-27/h1-6,11H,7-10,12-13H2,(H,26,28). The van der Waals surface area contributed by atoms with Gasteiger partial charge in [-0.3, -0.25) is 4.79 Å². The first-order valence-electron chi connectivity index (χ1n) is 9.60. The fourth-order valence-electron chi connectivity index (χ4n) is 2.94. The summed E-state index contributed by atoms with van der Waals surface area (Å²) in [6.45, 7) is 0.634. The van der Waals surface area contributed by atoms with Crippen LogP contribution < -0.4 is 15.0 Å². The predicted octanol–water partition coefficient (Wildman–Crippen LogP) is 3.76. The Labute approximate surface area is 187 Å². The summed E-state index contributed by atoms with van der Waals surface area (Å²) in [5.41, 5.74) is -0.509. The number of rotatable bonds is 7. The van der Waals surface area contributed by atoms with Gasteiger partial charge in [0.15, 0.2) is 13.2 Å². The first-order valence-corrected chi connectivity index (χ1v) is 9.98. The number of alkyl halides is 3. The predicted molar refractivity (Wildman–Crippen MR) is 111 cm³/mol. The lowest BCUT2D eigenvalue weighted by Crippen LogP contribution is -2.37. The van der Waals surface area contributed by atoms with Gasteiger partial charge in [0.2, 0.25) is 0 Å². The van der Waals surface area contributed by atoms with Crippen molar-refractivity contribution in [3.63, 3.8) is 0 Å². The van der Waals surface area contributed by atoms with Crippen LogP contribution in [0.4, 0.5) is 24.5 Å². The number of morpholine rings is 1. The molecule has 0 atom stereocenters. The normalized spacial score (nSPS) is 14.1. The van der Waals surface area contributed by atoms with Gasteiger partial charge in [-0.15, -0.1) is 0 Å². The number of carbonyl (C=O) groups excluding carboxylic acids is 2. The highest BCUT2D eigenvalue weighted by atomic mass is 35.5. The van der Waals surface area contributed by atoms with E-state index >= 15 is 0 Å². The van der Waals surface area contributed by atoms with Crippen molar-refractivity contribution >= 4 is 34.9 Å². The number of nitrogens with zero attached hydrogens (tertiary/aromatic N) is 1. The van der Waals surface area contributed by atoms with Gasteiger partial charge in [0, 0.05) is 18.1 Å². The van der Waals surface area contributed by atoms with Gasteiger partial charge in [-0.05, 0) is 42.5 Å². The van der Waals surface area contributed by atoms with Gasteiger partial charge < -0.3 is 24.4 Å². The molecule has 7 nitrogen and oxygen atoms in total. The monoisotopic (exact) mass is 472 g/mol. The van der Waals surface area contributed by atoms with Crippen molar-refractivity contribution < 1.29 is 37.0 Å². The average molecular weight is 473 g/mol. The third-order valence-electron chi connectivity index (χ3n) is 4.48. The Kier molecular flexibility index (Phi) is 7.81. The van der Waals surface area contributed by atoms with Crippen molar-refractivity contribution in [1.29, 1.82) is 0 Å². The molecule has 3 rings (SSSR count). The van der Waals surface area contributed by atoms with Gasteiger partial charge in [-0.25, -0.2) is 4.79 Å². The summed E-state index contributed by atoms with van der Waals surface area (Å²) in [5.74, 6) is -1.21. The maximum absolute atomic E-state index is 13.1. The first-order chi connectivity index (χ1) is 15.2. The molecule has 0 aliphatic carbocycles. The maximum Gasteiger partial charge on any atom is 0.416 e. The molecular weight excluding hydrogens is 453 g/mol. The summed E-state index contributed by atoms with van der Waals surface area (Å²) in [6, 6.07) is 9.39. The number of ether oxygens (including phenoxy) is 3. The summed E-state index contributed by atoms with van der Waals surface area (Å²) in [6.07, 6.45) is -4.57. The Morgan fingerprint density at radius 2 is 1.75 bits per heavy atom. The van der Waals surface area contributed by atoms with E-state index in [1.807, 2.05) is 4.90 Å². The van der Waals surface area contributed by atoms with Crippen LogP contribution >= 0.6 is 11.6 Å². The zero-order valence-electron chi connectivity index (χ0n) is 16.8. The third kappa shape index (κ3) is 6.76. The topological polar surface area (TPSA) is 77.1 Å². The second-order valence-electron chi connectivity index (χ2n) is 6.78. The van der Waals surface area contributed by atoms with Gasteiger partial charge in [-0.1, -0.05) is 11.6 Å². The highest BCUT2D eigenvalue weighted by molar-refractivity contribution is 6.30. The lowest BCUT2D eigenvalue weighted by Gasteiger charge is -2.31. The van der Waals surface area contributed by atoms with Gasteiger partial charge in [0.1, 0.15) is 5.75 Å².